The Bertz CT molecular complexity index is 546. The molecule has 2 N–H and O–H groups in total. The Morgan fingerprint density at radius 2 is 1.88 bits per heavy atom. The third kappa shape index (κ3) is 1.98. The molecule has 0 aliphatic carbocycles. The number of hydrogen-bond donors (Lipinski definition) is 1. The second-order valence-corrected chi connectivity index (χ2v) is 3.58. The summed E-state index contributed by atoms with van der Waals surface area (Å²) in [6.07, 6.45) is -4.61. The number of nitrogens with two attached hydrogens (primary N) is 1. The molecule has 6 heteroatoms. The molecule has 0 saturated carbocycles. The maximum atomic E-state index is 12.7. The summed E-state index contributed by atoms with van der Waals surface area (Å²) in [5.74, 6) is -1.42. The molecule has 0 radical (unpaired) electrons. The monoisotopic (exact) mass is 242 g/mol. The van der Waals surface area contributed by atoms with E-state index in [1.54, 1.807) is 31.2 Å². The summed E-state index contributed by atoms with van der Waals surface area (Å²) in [5, 5.41) is 3.18. The molecule has 0 atom stereocenters. The van der Waals surface area contributed by atoms with Crippen LogP contribution in [0.2, 0.25) is 0 Å². The van der Waals surface area contributed by atoms with E-state index in [9.17, 15) is 13.2 Å². The van der Waals surface area contributed by atoms with E-state index in [0.29, 0.717) is 11.1 Å². The summed E-state index contributed by atoms with van der Waals surface area (Å²) < 4.78 is 42.3. The number of alkyl halides is 3. The summed E-state index contributed by atoms with van der Waals surface area (Å²) in [4.78, 5) is 0. The van der Waals surface area contributed by atoms with Crippen LogP contribution in [0.3, 0.4) is 0 Å². The largest absolute Gasteiger partial charge is 0.453 e. The van der Waals surface area contributed by atoms with E-state index in [4.69, 9.17) is 5.73 Å². The van der Waals surface area contributed by atoms with Crippen LogP contribution in [0.5, 0.6) is 0 Å². The molecule has 1 heterocycles. The van der Waals surface area contributed by atoms with Crippen LogP contribution in [0, 0.1) is 6.92 Å². The lowest BCUT2D eigenvalue weighted by atomic mass is 10.0. The molecule has 90 valence electrons. The SMILES string of the molecule is Cc1ccccc1-c1c(N)noc1C(F)(F)F. The van der Waals surface area contributed by atoms with E-state index in [0.717, 1.165) is 0 Å². The molecule has 0 amide bonds. The van der Waals surface area contributed by atoms with Crippen molar-refractivity contribution in [2.24, 2.45) is 0 Å². The number of aryl methyl sites for hydroxylation is 1. The van der Waals surface area contributed by atoms with Crippen LogP contribution in [-0.2, 0) is 6.18 Å². The second kappa shape index (κ2) is 3.80. The highest BCUT2D eigenvalue weighted by molar-refractivity contribution is 5.78. The highest BCUT2D eigenvalue weighted by Gasteiger charge is 2.40. The van der Waals surface area contributed by atoms with Gasteiger partial charge in [-0.05, 0) is 18.1 Å². The molecule has 0 bridgehead atoms. The van der Waals surface area contributed by atoms with E-state index < -0.39 is 11.9 Å². The third-order valence-electron chi connectivity index (χ3n) is 2.39. The normalized spacial score (nSPS) is 11.8. The fourth-order valence-electron chi connectivity index (χ4n) is 1.61. The fraction of sp³-hybridized carbons (Fsp3) is 0.182. The van der Waals surface area contributed by atoms with Gasteiger partial charge in [-0.3, -0.25) is 0 Å². The predicted molar refractivity (Wildman–Crippen MR) is 56.1 cm³/mol. The van der Waals surface area contributed by atoms with Gasteiger partial charge < -0.3 is 10.3 Å². The Hall–Kier alpha value is -1.98. The van der Waals surface area contributed by atoms with E-state index in [2.05, 4.69) is 9.68 Å². The lowest BCUT2D eigenvalue weighted by molar-refractivity contribution is -0.154. The molecule has 0 fully saturated rings. The van der Waals surface area contributed by atoms with Crippen molar-refractivity contribution >= 4 is 5.82 Å². The molecule has 17 heavy (non-hydrogen) atoms. The quantitative estimate of drug-likeness (QED) is 0.835. The van der Waals surface area contributed by atoms with Crippen LogP contribution >= 0.6 is 0 Å². The van der Waals surface area contributed by atoms with Crippen molar-refractivity contribution in [3.63, 3.8) is 0 Å². The lowest BCUT2D eigenvalue weighted by Gasteiger charge is -2.07. The summed E-state index contributed by atoms with van der Waals surface area (Å²) in [6.45, 7) is 1.70. The van der Waals surface area contributed by atoms with Gasteiger partial charge in [-0.15, -0.1) is 0 Å². The van der Waals surface area contributed by atoms with Gasteiger partial charge in [-0.1, -0.05) is 29.4 Å². The first-order valence-corrected chi connectivity index (χ1v) is 4.79. The molecule has 3 nitrogen and oxygen atoms in total. The lowest BCUT2D eigenvalue weighted by Crippen LogP contribution is -2.05. The maximum Gasteiger partial charge on any atom is 0.453 e. The molecular weight excluding hydrogens is 233 g/mol. The minimum absolute atomic E-state index is 0.199. The summed E-state index contributed by atoms with van der Waals surface area (Å²) in [7, 11) is 0. The number of hydrogen-bond acceptors (Lipinski definition) is 3. The van der Waals surface area contributed by atoms with Gasteiger partial charge in [0.05, 0.1) is 5.56 Å². The number of benzene rings is 1. The van der Waals surface area contributed by atoms with Crippen molar-refractivity contribution in [1.29, 1.82) is 0 Å². The zero-order chi connectivity index (χ0) is 12.6. The van der Waals surface area contributed by atoms with Crippen molar-refractivity contribution in [3.05, 3.63) is 35.6 Å². The van der Waals surface area contributed by atoms with Crippen molar-refractivity contribution < 1.29 is 17.7 Å². The van der Waals surface area contributed by atoms with Gasteiger partial charge in [0.15, 0.2) is 5.82 Å². The van der Waals surface area contributed by atoms with E-state index in [-0.39, 0.29) is 11.4 Å². The Morgan fingerprint density at radius 1 is 1.24 bits per heavy atom. The van der Waals surface area contributed by atoms with Crippen LogP contribution in [-0.4, -0.2) is 5.16 Å². The highest BCUT2D eigenvalue weighted by atomic mass is 19.4. The Labute approximate surface area is 95.0 Å². The van der Waals surface area contributed by atoms with E-state index >= 15 is 0 Å². The standard InChI is InChI=1S/C11H9F3N2O/c1-6-4-2-3-5-7(6)8-9(11(12,13)14)17-16-10(8)15/h2-5H,1H3,(H2,15,16). The molecule has 0 spiro atoms. The molecule has 0 saturated heterocycles. The van der Waals surface area contributed by atoms with Gasteiger partial charge >= 0.3 is 6.18 Å². The Morgan fingerprint density at radius 3 is 2.47 bits per heavy atom. The van der Waals surface area contributed by atoms with Crippen LogP contribution in [0.15, 0.2) is 28.8 Å². The first-order chi connectivity index (χ1) is 7.91. The average Bonchev–Trinajstić information content (AvgIpc) is 2.60. The van der Waals surface area contributed by atoms with Gasteiger partial charge in [0.1, 0.15) is 0 Å². The molecule has 0 unspecified atom stereocenters. The zero-order valence-corrected chi connectivity index (χ0v) is 8.88. The van der Waals surface area contributed by atoms with Crippen LogP contribution in [0.1, 0.15) is 11.3 Å². The minimum atomic E-state index is -4.61. The number of rotatable bonds is 1. The smallest absolute Gasteiger partial charge is 0.380 e. The number of halogens is 3. The highest BCUT2D eigenvalue weighted by Crippen LogP contribution is 2.40. The molecule has 1 aromatic heterocycles. The molecule has 2 aromatic rings. The topological polar surface area (TPSA) is 52.0 Å². The van der Waals surface area contributed by atoms with Crippen LogP contribution in [0.25, 0.3) is 11.1 Å². The summed E-state index contributed by atoms with van der Waals surface area (Å²) in [6, 6.07) is 6.61. The van der Waals surface area contributed by atoms with Crippen molar-refractivity contribution in [3.8, 4) is 11.1 Å². The van der Waals surface area contributed by atoms with Crippen molar-refractivity contribution in [1.82, 2.24) is 5.16 Å². The number of aromatic nitrogens is 1. The number of anilines is 1. The molecule has 0 aliphatic rings. The van der Waals surface area contributed by atoms with Gasteiger partial charge in [0.25, 0.3) is 0 Å². The Balaban J connectivity index is 2.68. The third-order valence-corrected chi connectivity index (χ3v) is 2.39. The zero-order valence-electron chi connectivity index (χ0n) is 8.88. The Kier molecular flexibility index (Phi) is 2.57. The number of nitrogen functional groups attached to an aromatic ring is 1. The average molecular weight is 242 g/mol. The van der Waals surface area contributed by atoms with Crippen LogP contribution < -0.4 is 5.73 Å². The summed E-state index contributed by atoms with van der Waals surface area (Å²) in [5.41, 5.74) is 6.28. The van der Waals surface area contributed by atoms with Gasteiger partial charge in [0.2, 0.25) is 5.76 Å². The molecular formula is C11H9F3N2O. The molecule has 2 rings (SSSR count). The van der Waals surface area contributed by atoms with Crippen molar-refractivity contribution in [2.45, 2.75) is 13.1 Å². The number of nitrogens with zero attached hydrogens (tertiary/aromatic N) is 1. The minimum Gasteiger partial charge on any atom is -0.380 e. The van der Waals surface area contributed by atoms with E-state index in [1.165, 1.54) is 0 Å². The second-order valence-electron chi connectivity index (χ2n) is 3.58. The van der Waals surface area contributed by atoms with E-state index in [1.807, 2.05) is 0 Å². The van der Waals surface area contributed by atoms with Gasteiger partial charge in [-0.25, -0.2) is 0 Å². The molecule has 1 aromatic carbocycles. The first-order valence-electron chi connectivity index (χ1n) is 4.79. The fourth-order valence-corrected chi connectivity index (χ4v) is 1.61. The van der Waals surface area contributed by atoms with Crippen LogP contribution in [0.4, 0.5) is 19.0 Å². The van der Waals surface area contributed by atoms with Gasteiger partial charge in [-0.2, -0.15) is 13.2 Å². The summed E-state index contributed by atoms with van der Waals surface area (Å²) >= 11 is 0. The predicted octanol–water partition coefficient (Wildman–Crippen LogP) is 3.25. The first kappa shape index (κ1) is 11.5. The van der Waals surface area contributed by atoms with Crippen molar-refractivity contribution in [2.75, 3.05) is 5.73 Å². The van der Waals surface area contributed by atoms with Gasteiger partial charge in [0, 0.05) is 0 Å². The maximum absolute atomic E-state index is 12.7. The molecule has 0 aliphatic heterocycles.